The second-order valence-electron chi connectivity index (χ2n) is 6.33. The van der Waals surface area contributed by atoms with E-state index in [2.05, 4.69) is 10.2 Å². The van der Waals surface area contributed by atoms with Gasteiger partial charge in [0.2, 0.25) is 5.91 Å². The SMILES string of the molecule is CCN1C(=O)C2CN(C(=O)CCc3c(C)n[nH]c3C)CCN2C1=O. The van der Waals surface area contributed by atoms with Gasteiger partial charge in [0, 0.05) is 31.7 Å². The molecule has 0 radical (unpaired) electrons. The maximum Gasteiger partial charge on any atom is 0.327 e. The zero-order valence-corrected chi connectivity index (χ0v) is 14.3. The lowest BCUT2D eigenvalue weighted by Gasteiger charge is -2.35. The van der Waals surface area contributed by atoms with Gasteiger partial charge in [0.25, 0.3) is 5.91 Å². The molecule has 1 aromatic rings. The van der Waals surface area contributed by atoms with Gasteiger partial charge in [0.05, 0.1) is 12.2 Å². The summed E-state index contributed by atoms with van der Waals surface area (Å²) in [6.45, 7) is 7.22. The van der Waals surface area contributed by atoms with Crippen LogP contribution in [0.1, 0.15) is 30.3 Å². The number of aryl methyl sites for hydroxylation is 2. The molecule has 1 N–H and O–H groups in total. The highest BCUT2D eigenvalue weighted by Crippen LogP contribution is 2.22. The minimum atomic E-state index is -0.521. The maximum absolute atomic E-state index is 12.5. The highest BCUT2D eigenvalue weighted by Gasteiger charge is 2.47. The third-order valence-corrected chi connectivity index (χ3v) is 4.95. The van der Waals surface area contributed by atoms with Gasteiger partial charge in [-0.05, 0) is 32.8 Å². The van der Waals surface area contributed by atoms with Crippen LogP contribution >= 0.6 is 0 Å². The molecule has 1 aromatic heterocycles. The van der Waals surface area contributed by atoms with Gasteiger partial charge in [-0.15, -0.1) is 0 Å². The topological polar surface area (TPSA) is 89.6 Å². The van der Waals surface area contributed by atoms with Crippen LogP contribution < -0.4 is 0 Å². The van der Waals surface area contributed by atoms with Crippen molar-refractivity contribution in [2.24, 2.45) is 0 Å². The zero-order valence-electron chi connectivity index (χ0n) is 14.3. The Hall–Kier alpha value is -2.38. The number of likely N-dealkylation sites (N-methyl/N-ethyl adjacent to an activating group) is 1. The van der Waals surface area contributed by atoms with E-state index in [0.29, 0.717) is 39.0 Å². The molecule has 2 saturated heterocycles. The Morgan fingerprint density at radius 3 is 2.67 bits per heavy atom. The standard InChI is InChI=1S/C16H23N5O3/c1-4-20-15(23)13-9-19(7-8-21(13)16(20)24)14(22)6-5-12-10(2)17-18-11(12)3/h13H,4-9H2,1-3H3,(H,17,18). The number of nitrogens with zero attached hydrogens (tertiary/aromatic N) is 4. The van der Waals surface area contributed by atoms with E-state index in [4.69, 9.17) is 0 Å². The predicted molar refractivity (Wildman–Crippen MR) is 86.2 cm³/mol. The first-order chi connectivity index (χ1) is 11.4. The van der Waals surface area contributed by atoms with Gasteiger partial charge in [-0.2, -0.15) is 5.10 Å². The predicted octanol–water partition coefficient (Wildman–Crippen LogP) is 0.454. The number of piperazine rings is 1. The van der Waals surface area contributed by atoms with Crippen molar-refractivity contribution >= 4 is 17.8 Å². The van der Waals surface area contributed by atoms with Crippen LogP contribution in [0.25, 0.3) is 0 Å². The van der Waals surface area contributed by atoms with E-state index in [-0.39, 0.29) is 17.8 Å². The minimum Gasteiger partial charge on any atom is -0.338 e. The Kier molecular flexibility index (Phi) is 4.29. The quantitative estimate of drug-likeness (QED) is 0.810. The summed E-state index contributed by atoms with van der Waals surface area (Å²) in [5.74, 6) is -0.175. The lowest BCUT2D eigenvalue weighted by Crippen LogP contribution is -2.54. The van der Waals surface area contributed by atoms with E-state index >= 15 is 0 Å². The minimum absolute atomic E-state index is 0.0184. The molecular weight excluding hydrogens is 310 g/mol. The molecule has 1 atom stereocenters. The van der Waals surface area contributed by atoms with Crippen molar-refractivity contribution in [1.29, 1.82) is 0 Å². The second-order valence-corrected chi connectivity index (χ2v) is 6.33. The monoisotopic (exact) mass is 333 g/mol. The smallest absolute Gasteiger partial charge is 0.327 e. The average Bonchev–Trinajstić information content (AvgIpc) is 3.02. The number of rotatable bonds is 4. The van der Waals surface area contributed by atoms with Crippen molar-refractivity contribution in [2.45, 2.75) is 39.7 Å². The van der Waals surface area contributed by atoms with Crippen LogP contribution in [0.3, 0.4) is 0 Å². The number of aromatic nitrogens is 2. The molecule has 2 aliphatic rings. The van der Waals surface area contributed by atoms with E-state index in [1.807, 2.05) is 13.8 Å². The molecule has 130 valence electrons. The Morgan fingerprint density at radius 2 is 2.04 bits per heavy atom. The summed E-state index contributed by atoms with van der Waals surface area (Å²) in [6, 6.07) is -0.753. The molecule has 4 amide bonds. The summed E-state index contributed by atoms with van der Waals surface area (Å²) < 4.78 is 0. The normalized spacial score (nSPS) is 20.8. The Balaban J connectivity index is 1.62. The maximum atomic E-state index is 12.5. The molecule has 2 fully saturated rings. The first-order valence-corrected chi connectivity index (χ1v) is 8.34. The van der Waals surface area contributed by atoms with Crippen LogP contribution in [-0.4, -0.2) is 75.0 Å². The zero-order chi connectivity index (χ0) is 17.4. The first-order valence-electron chi connectivity index (χ1n) is 8.34. The number of H-pyrrole nitrogens is 1. The molecule has 0 bridgehead atoms. The van der Waals surface area contributed by atoms with Crippen LogP contribution in [0.15, 0.2) is 0 Å². The Bertz CT molecular complexity index is 664. The summed E-state index contributed by atoms with van der Waals surface area (Å²) in [5, 5.41) is 7.07. The molecular formula is C16H23N5O3. The fourth-order valence-corrected chi connectivity index (χ4v) is 3.50. The Labute approximate surface area is 140 Å². The van der Waals surface area contributed by atoms with Gasteiger partial charge in [-0.3, -0.25) is 19.6 Å². The van der Waals surface area contributed by atoms with Crippen LogP contribution in [0.5, 0.6) is 0 Å². The summed E-state index contributed by atoms with van der Waals surface area (Å²) in [4.78, 5) is 41.5. The van der Waals surface area contributed by atoms with Gasteiger partial charge >= 0.3 is 6.03 Å². The lowest BCUT2D eigenvalue weighted by atomic mass is 10.1. The summed E-state index contributed by atoms with van der Waals surface area (Å²) in [7, 11) is 0. The molecule has 2 aliphatic heterocycles. The number of fused-ring (bicyclic) bond motifs is 1. The van der Waals surface area contributed by atoms with Crippen molar-refractivity contribution in [2.75, 3.05) is 26.2 Å². The Morgan fingerprint density at radius 1 is 1.29 bits per heavy atom. The van der Waals surface area contributed by atoms with E-state index < -0.39 is 6.04 Å². The molecule has 8 nitrogen and oxygen atoms in total. The fourth-order valence-electron chi connectivity index (χ4n) is 3.50. The van der Waals surface area contributed by atoms with E-state index in [1.54, 1.807) is 16.7 Å². The first kappa shape index (κ1) is 16.5. The van der Waals surface area contributed by atoms with Crippen molar-refractivity contribution < 1.29 is 14.4 Å². The van der Waals surface area contributed by atoms with Gasteiger partial charge in [-0.1, -0.05) is 0 Å². The number of aromatic amines is 1. The van der Waals surface area contributed by atoms with Crippen LogP contribution in [-0.2, 0) is 16.0 Å². The number of carbonyl (C=O) groups excluding carboxylic acids is 3. The van der Waals surface area contributed by atoms with E-state index in [0.717, 1.165) is 17.0 Å². The molecule has 0 spiro atoms. The summed E-state index contributed by atoms with van der Waals surface area (Å²) >= 11 is 0. The molecule has 0 aliphatic carbocycles. The number of carbonyl (C=O) groups is 3. The van der Waals surface area contributed by atoms with Gasteiger partial charge < -0.3 is 9.80 Å². The molecule has 3 rings (SSSR count). The number of hydrogen-bond donors (Lipinski definition) is 1. The molecule has 8 heteroatoms. The van der Waals surface area contributed by atoms with Crippen molar-refractivity contribution in [3.63, 3.8) is 0 Å². The molecule has 0 saturated carbocycles. The van der Waals surface area contributed by atoms with E-state index in [1.165, 1.54) is 4.90 Å². The third kappa shape index (κ3) is 2.65. The number of imide groups is 1. The fraction of sp³-hybridized carbons (Fsp3) is 0.625. The van der Waals surface area contributed by atoms with E-state index in [9.17, 15) is 14.4 Å². The highest BCUT2D eigenvalue weighted by molar-refractivity contribution is 6.04. The van der Waals surface area contributed by atoms with Crippen LogP contribution in [0.2, 0.25) is 0 Å². The summed E-state index contributed by atoms with van der Waals surface area (Å²) in [6.07, 6.45) is 1.01. The van der Waals surface area contributed by atoms with Crippen molar-refractivity contribution in [3.8, 4) is 0 Å². The van der Waals surface area contributed by atoms with Crippen molar-refractivity contribution in [1.82, 2.24) is 24.9 Å². The summed E-state index contributed by atoms with van der Waals surface area (Å²) in [5.41, 5.74) is 2.98. The highest BCUT2D eigenvalue weighted by atomic mass is 16.2. The number of hydrogen-bond acceptors (Lipinski definition) is 4. The van der Waals surface area contributed by atoms with Gasteiger partial charge in [0.15, 0.2) is 0 Å². The average molecular weight is 333 g/mol. The van der Waals surface area contributed by atoms with Gasteiger partial charge in [-0.25, -0.2) is 4.79 Å². The van der Waals surface area contributed by atoms with Crippen LogP contribution in [0.4, 0.5) is 4.79 Å². The number of nitrogens with one attached hydrogen (secondary N) is 1. The van der Waals surface area contributed by atoms with Crippen LogP contribution in [0, 0.1) is 13.8 Å². The molecule has 0 aromatic carbocycles. The largest absolute Gasteiger partial charge is 0.338 e. The lowest BCUT2D eigenvalue weighted by molar-refractivity contribution is -0.136. The van der Waals surface area contributed by atoms with Gasteiger partial charge in [0.1, 0.15) is 6.04 Å². The molecule has 1 unspecified atom stereocenters. The number of urea groups is 1. The van der Waals surface area contributed by atoms with Crippen molar-refractivity contribution in [3.05, 3.63) is 17.0 Å². The second kappa shape index (κ2) is 6.26. The molecule has 3 heterocycles. The third-order valence-electron chi connectivity index (χ3n) is 4.95. The molecule has 24 heavy (non-hydrogen) atoms. The number of amides is 4.